The van der Waals surface area contributed by atoms with Gasteiger partial charge >= 0.3 is 6.18 Å². The van der Waals surface area contributed by atoms with Crippen molar-refractivity contribution in [2.24, 2.45) is 0 Å². The molecule has 0 atom stereocenters. The van der Waals surface area contributed by atoms with Gasteiger partial charge in [0.15, 0.2) is 0 Å². The van der Waals surface area contributed by atoms with Gasteiger partial charge in [-0.3, -0.25) is 4.79 Å². The molecule has 0 aliphatic rings. The Bertz CT molecular complexity index is 750. The average Bonchev–Trinajstić information content (AvgIpc) is 2.48. The van der Waals surface area contributed by atoms with Gasteiger partial charge in [0.05, 0.1) is 28.9 Å². The largest absolute Gasteiger partial charge is 0.496 e. The van der Waals surface area contributed by atoms with Gasteiger partial charge in [-0.1, -0.05) is 27.5 Å². The van der Waals surface area contributed by atoms with Crippen molar-refractivity contribution in [3.8, 4) is 5.75 Å². The third-order valence-corrected chi connectivity index (χ3v) is 3.77. The van der Waals surface area contributed by atoms with E-state index in [1.54, 1.807) is 12.1 Å². The summed E-state index contributed by atoms with van der Waals surface area (Å²) in [6.07, 6.45) is -4.53. The van der Waals surface area contributed by atoms with Crippen molar-refractivity contribution in [1.82, 2.24) is 0 Å². The van der Waals surface area contributed by atoms with Crippen molar-refractivity contribution in [2.45, 2.75) is 6.18 Å². The van der Waals surface area contributed by atoms with Gasteiger partial charge in [-0.2, -0.15) is 13.2 Å². The first-order chi connectivity index (χ1) is 10.7. The smallest absolute Gasteiger partial charge is 0.416 e. The highest BCUT2D eigenvalue weighted by atomic mass is 79.9. The monoisotopic (exact) mass is 407 g/mol. The Hall–Kier alpha value is -1.73. The van der Waals surface area contributed by atoms with Crippen LogP contribution >= 0.6 is 27.5 Å². The van der Waals surface area contributed by atoms with Crippen LogP contribution in [0.5, 0.6) is 5.75 Å². The van der Waals surface area contributed by atoms with Gasteiger partial charge in [0.25, 0.3) is 5.91 Å². The number of nitrogens with one attached hydrogen (secondary N) is 1. The van der Waals surface area contributed by atoms with Gasteiger partial charge in [-0.25, -0.2) is 0 Å². The number of hydrogen-bond donors (Lipinski definition) is 1. The summed E-state index contributed by atoms with van der Waals surface area (Å²) in [4.78, 5) is 12.3. The zero-order valence-corrected chi connectivity index (χ0v) is 14.0. The van der Waals surface area contributed by atoms with Crippen molar-refractivity contribution in [3.05, 3.63) is 57.0 Å². The lowest BCUT2D eigenvalue weighted by atomic mass is 10.1. The Balaban J connectivity index is 2.36. The normalized spacial score (nSPS) is 11.2. The fourth-order valence-corrected chi connectivity index (χ4v) is 2.37. The Labute approximate surface area is 143 Å². The first kappa shape index (κ1) is 17.6. The van der Waals surface area contributed by atoms with Crippen LogP contribution in [0.15, 0.2) is 40.9 Å². The molecule has 2 rings (SSSR count). The molecule has 0 spiro atoms. The van der Waals surface area contributed by atoms with E-state index in [0.717, 1.165) is 18.2 Å². The lowest BCUT2D eigenvalue weighted by Gasteiger charge is -2.13. The molecule has 2 aromatic rings. The Morgan fingerprint density at radius 1 is 1.22 bits per heavy atom. The number of benzene rings is 2. The standard InChI is InChI=1S/C15H10BrClF3NO2/c1-23-13-5-3-9(16)7-10(13)14(22)21-12-6-8(15(18,19)20)2-4-11(12)17/h2-7H,1H3,(H,21,22). The summed E-state index contributed by atoms with van der Waals surface area (Å²) in [5.74, 6) is -0.349. The zero-order valence-electron chi connectivity index (χ0n) is 11.7. The molecule has 23 heavy (non-hydrogen) atoms. The molecule has 1 N–H and O–H groups in total. The summed E-state index contributed by atoms with van der Waals surface area (Å²) in [6, 6.07) is 7.44. The minimum Gasteiger partial charge on any atom is -0.496 e. The third kappa shape index (κ3) is 4.17. The molecule has 1 amide bonds. The van der Waals surface area contributed by atoms with Crippen LogP contribution in [0.2, 0.25) is 5.02 Å². The van der Waals surface area contributed by atoms with Crippen molar-refractivity contribution < 1.29 is 22.7 Å². The first-order valence-electron chi connectivity index (χ1n) is 6.24. The summed E-state index contributed by atoms with van der Waals surface area (Å²) in [5.41, 5.74) is -0.873. The highest BCUT2D eigenvalue weighted by molar-refractivity contribution is 9.10. The number of amides is 1. The number of methoxy groups -OCH3 is 1. The number of carbonyl (C=O) groups is 1. The van der Waals surface area contributed by atoms with E-state index in [4.69, 9.17) is 16.3 Å². The third-order valence-electron chi connectivity index (χ3n) is 2.95. The van der Waals surface area contributed by atoms with Crippen LogP contribution in [0, 0.1) is 0 Å². The van der Waals surface area contributed by atoms with Crippen LogP contribution in [0.1, 0.15) is 15.9 Å². The molecule has 0 radical (unpaired) electrons. The molecule has 2 aromatic carbocycles. The van der Waals surface area contributed by atoms with E-state index in [2.05, 4.69) is 21.2 Å². The Kier molecular flexibility index (Phi) is 5.21. The van der Waals surface area contributed by atoms with Gasteiger partial charge in [-0.15, -0.1) is 0 Å². The predicted molar refractivity (Wildman–Crippen MR) is 85.1 cm³/mol. The number of hydrogen-bond acceptors (Lipinski definition) is 2. The van der Waals surface area contributed by atoms with Crippen molar-refractivity contribution in [1.29, 1.82) is 0 Å². The topological polar surface area (TPSA) is 38.3 Å². The molecule has 0 fully saturated rings. The lowest BCUT2D eigenvalue weighted by Crippen LogP contribution is -2.14. The van der Waals surface area contributed by atoms with Gasteiger partial charge in [-0.05, 0) is 36.4 Å². The van der Waals surface area contributed by atoms with E-state index in [0.29, 0.717) is 4.47 Å². The summed E-state index contributed by atoms with van der Waals surface area (Å²) in [5, 5.41) is 2.37. The Morgan fingerprint density at radius 3 is 2.52 bits per heavy atom. The molecule has 3 nitrogen and oxygen atoms in total. The van der Waals surface area contributed by atoms with E-state index in [1.807, 2.05) is 0 Å². The van der Waals surface area contributed by atoms with Crippen molar-refractivity contribution in [2.75, 3.05) is 12.4 Å². The van der Waals surface area contributed by atoms with Crippen LogP contribution < -0.4 is 10.1 Å². The van der Waals surface area contributed by atoms with Gasteiger partial charge in [0.1, 0.15) is 5.75 Å². The van der Waals surface area contributed by atoms with Gasteiger partial charge in [0, 0.05) is 4.47 Å². The molecule has 122 valence electrons. The Morgan fingerprint density at radius 2 is 1.91 bits per heavy atom. The minimum absolute atomic E-state index is 0.000290. The van der Waals surface area contributed by atoms with Crippen molar-refractivity contribution in [3.63, 3.8) is 0 Å². The molecule has 0 saturated carbocycles. The summed E-state index contributed by atoms with van der Waals surface area (Å²) >= 11 is 9.08. The van der Waals surface area contributed by atoms with Crippen LogP contribution in [0.25, 0.3) is 0 Å². The van der Waals surface area contributed by atoms with Crippen LogP contribution in [-0.4, -0.2) is 13.0 Å². The number of halogens is 5. The summed E-state index contributed by atoms with van der Waals surface area (Å²) in [7, 11) is 1.39. The molecule has 0 saturated heterocycles. The average molecular weight is 409 g/mol. The second-order valence-electron chi connectivity index (χ2n) is 4.49. The maximum atomic E-state index is 12.7. The number of anilines is 1. The van der Waals surface area contributed by atoms with E-state index in [9.17, 15) is 18.0 Å². The summed E-state index contributed by atoms with van der Waals surface area (Å²) in [6.45, 7) is 0. The highest BCUT2D eigenvalue weighted by Crippen LogP contribution is 2.34. The van der Waals surface area contributed by atoms with Crippen LogP contribution in [0.4, 0.5) is 18.9 Å². The number of carbonyl (C=O) groups excluding carboxylic acids is 1. The minimum atomic E-state index is -4.53. The predicted octanol–water partition coefficient (Wildman–Crippen LogP) is 5.38. The van der Waals surface area contributed by atoms with E-state index < -0.39 is 17.6 Å². The summed E-state index contributed by atoms with van der Waals surface area (Å²) < 4.78 is 43.9. The number of ether oxygens (including phenoxy) is 1. The van der Waals surface area contributed by atoms with Gasteiger partial charge in [0.2, 0.25) is 0 Å². The van der Waals surface area contributed by atoms with E-state index >= 15 is 0 Å². The van der Waals surface area contributed by atoms with E-state index in [1.165, 1.54) is 13.2 Å². The van der Waals surface area contributed by atoms with Crippen LogP contribution in [-0.2, 0) is 6.18 Å². The molecular formula is C15H10BrClF3NO2. The quantitative estimate of drug-likeness (QED) is 0.740. The number of rotatable bonds is 3. The molecule has 8 heteroatoms. The lowest BCUT2D eigenvalue weighted by molar-refractivity contribution is -0.137. The second kappa shape index (κ2) is 6.80. The fraction of sp³-hybridized carbons (Fsp3) is 0.133. The number of alkyl halides is 3. The molecule has 0 aliphatic heterocycles. The molecular weight excluding hydrogens is 399 g/mol. The molecule has 0 aliphatic carbocycles. The molecule has 0 unspecified atom stereocenters. The zero-order chi connectivity index (χ0) is 17.2. The van der Waals surface area contributed by atoms with Gasteiger partial charge < -0.3 is 10.1 Å². The maximum absolute atomic E-state index is 12.7. The highest BCUT2D eigenvalue weighted by Gasteiger charge is 2.31. The van der Waals surface area contributed by atoms with Crippen LogP contribution in [0.3, 0.4) is 0 Å². The molecule has 0 aromatic heterocycles. The molecule has 0 heterocycles. The fourth-order valence-electron chi connectivity index (χ4n) is 1.84. The van der Waals surface area contributed by atoms with E-state index in [-0.39, 0.29) is 22.0 Å². The SMILES string of the molecule is COc1ccc(Br)cc1C(=O)Nc1cc(C(F)(F)F)ccc1Cl. The second-order valence-corrected chi connectivity index (χ2v) is 5.81. The molecule has 0 bridgehead atoms. The van der Waals surface area contributed by atoms with Crippen molar-refractivity contribution >= 4 is 39.1 Å². The first-order valence-corrected chi connectivity index (χ1v) is 7.41. The maximum Gasteiger partial charge on any atom is 0.416 e.